The molecule has 2 aromatic carbocycles. The van der Waals surface area contributed by atoms with E-state index in [1.54, 1.807) is 26.0 Å². The van der Waals surface area contributed by atoms with Crippen molar-refractivity contribution in [2.45, 2.75) is 33.2 Å². The molecule has 6 nitrogen and oxygen atoms in total. The fraction of sp³-hybridized carbons (Fsp3) is 0.238. The second kappa shape index (κ2) is 6.83. The third-order valence-electron chi connectivity index (χ3n) is 4.78. The molecule has 1 aliphatic heterocycles. The van der Waals surface area contributed by atoms with Crippen molar-refractivity contribution in [3.8, 4) is 0 Å². The van der Waals surface area contributed by atoms with Crippen LogP contribution in [0.15, 0.2) is 36.4 Å². The van der Waals surface area contributed by atoms with Crippen molar-refractivity contribution in [1.82, 2.24) is 9.88 Å². The average molecular weight is 393 g/mol. The van der Waals surface area contributed by atoms with Crippen molar-refractivity contribution in [3.63, 3.8) is 0 Å². The number of hydrogen-bond donors (Lipinski definition) is 1. The monoisotopic (exact) mass is 393 g/mol. The zero-order valence-corrected chi connectivity index (χ0v) is 16.6. The molecule has 0 unspecified atom stereocenters. The highest BCUT2D eigenvalue weighted by atomic mass is 32.1. The molecule has 0 bridgehead atoms. The van der Waals surface area contributed by atoms with Crippen molar-refractivity contribution in [2.75, 3.05) is 5.32 Å². The zero-order valence-electron chi connectivity index (χ0n) is 15.8. The Morgan fingerprint density at radius 2 is 1.86 bits per heavy atom. The van der Waals surface area contributed by atoms with Gasteiger partial charge in [-0.25, -0.2) is 4.98 Å². The molecule has 1 aliphatic rings. The maximum absolute atomic E-state index is 12.7. The minimum Gasteiger partial charge on any atom is -0.298 e. The van der Waals surface area contributed by atoms with Crippen molar-refractivity contribution >= 4 is 44.4 Å². The number of aromatic nitrogens is 1. The summed E-state index contributed by atoms with van der Waals surface area (Å²) in [5.74, 6) is -1.04. The van der Waals surface area contributed by atoms with Gasteiger partial charge < -0.3 is 0 Å². The van der Waals surface area contributed by atoms with Crippen LogP contribution >= 0.6 is 11.3 Å². The summed E-state index contributed by atoms with van der Waals surface area (Å²) in [5, 5.41) is 3.29. The van der Waals surface area contributed by atoms with Gasteiger partial charge in [0.15, 0.2) is 5.13 Å². The highest BCUT2D eigenvalue weighted by Crippen LogP contribution is 2.29. The molecule has 2 heterocycles. The molecular formula is C21H19N3O3S. The lowest BCUT2D eigenvalue weighted by Gasteiger charge is -2.17. The van der Waals surface area contributed by atoms with Crippen LogP contribution in [-0.2, 0) is 6.42 Å². The second-order valence-electron chi connectivity index (χ2n) is 6.96. The smallest absolute Gasteiger partial charge is 0.261 e. The molecule has 3 amide bonds. The molecule has 0 fully saturated rings. The van der Waals surface area contributed by atoms with Crippen molar-refractivity contribution in [3.05, 3.63) is 58.7 Å². The first kappa shape index (κ1) is 18.3. The number of anilines is 1. The van der Waals surface area contributed by atoms with Crippen LogP contribution in [0.3, 0.4) is 0 Å². The summed E-state index contributed by atoms with van der Waals surface area (Å²) in [4.78, 5) is 43.2. The first-order valence-corrected chi connectivity index (χ1v) is 9.93. The van der Waals surface area contributed by atoms with E-state index in [1.165, 1.54) is 27.9 Å². The Bertz CT molecular complexity index is 1130. The van der Waals surface area contributed by atoms with E-state index in [1.807, 2.05) is 12.1 Å². The minimum absolute atomic E-state index is 0.236. The number of amides is 3. The molecule has 0 atom stereocenters. The van der Waals surface area contributed by atoms with Gasteiger partial charge in [0.25, 0.3) is 17.7 Å². The lowest BCUT2D eigenvalue weighted by atomic mass is 10.1. The molecule has 28 heavy (non-hydrogen) atoms. The quantitative estimate of drug-likeness (QED) is 0.677. The first-order valence-electron chi connectivity index (χ1n) is 9.11. The third kappa shape index (κ3) is 2.97. The number of hydrogen-bond acceptors (Lipinski definition) is 5. The van der Waals surface area contributed by atoms with Crippen LogP contribution in [0.1, 0.15) is 57.4 Å². The summed E-state index contributed by atoms with van der Waals surface area (Å²) in [5.41, 5.74) is 2.97. The Labute approximate surface area is 166 Å². The molecule has 1 aromatic heterocycles. The fourth-order valence-corrected chi connectivity index (χ4v) is 4.21. The number of imide groups is 1. The van der Waals surface area contributed by atoms with E-state index >= 15 is 0 Å². The fourth-order valence-electron chi connectivity index (χ4n) is 3.28. The van der Waals surface area contributed by atoms with Gasteiger partial charge in [0.2, 0.25) is 0 Å². The van der Waals surface area contributed by atoms with Crippen LogP contribution in [0.2, 0.25) is 0 Å². The largest absolute Gasteiger partial charge is 0.298 e. The molecule has 1 N–H and O–H groups in total. The number of aryl methyl sites for hydroxylation is 1. The van der Waals surface area contributed by atoms with E-state index in [2.05, 4.69) is 23.3 Å². The number of nitrogens with one attached hydrogen (secondary N) is 1. The van der Waals surface area contributed by atoms with Crippen LogP contribution in [0.5, 0.6) is 0 Å². The van der Waals surface area contributed by atoms with Gasteiger partial charge in [-0.3, -0.25) is 24.6 Å². The Morgan fingerprint density at radius 1 is 1.11 bits per heavy atom. The summed E-state index contributed by atoms with van der Waals surface area (Å²) in [7, 11) is 0. The summed E-state index contributed by atoms with van der Waals surface area (Å²) in [6.07, 6.45) is 0.935. The predicted octanol–water partition coefficient (Wildman–Crippen LogP) is 4.12. The summed E-state index contributed by atoms with van der Waals surface area (Å²) < 4.78 is 1.01. The van der Waals surface area contributed by atoms with Crippen molar-refractivity contribution in [1.29, 1.82) is 0 Å². The van der Waals surface area contributed by atoms with Crippen LogP contribution < -0.4 is 5.32 Å². The highest BCUT2D eigenvalue weighted by molar-refractivity contribution is 7.22. The molecule has 4 rings (SSSR count). The number of carbonyl (C=O) groups excluding carboxylic acids is 3. The molecule has 0 spiro atoms. The number of benzene rings is 2. The molecule has 0 saturated heterocycles. The number of carbonyl (C=O) groups is 3. The lowest BCUT2D eigenvalue weighted by molar-refractivity contribution is 0.0609. The molecule has 0 radical (unpaired) electrons. The van der Waals surface area contributed by atoms with Gasteiger partial charge in [0, 0.05) is 11.6 Å². The van der Waals surface area contributed by atoms with Gasteiger partial charge in [-0.2, -0.15) is 0 Å². The van der Waals surface area contributed by atoms with Gasteiger partial charge in [0.05, 0.1) is 21.3 Å². The van der Waals surface area contributed by atoms with Gasteiger partial charge in [-0.05, 0) is 56.2 Å². The lowest BCUT2D eigenvalue weighted by Crippen LogP contribution is -2.35. The average Bonchev–Trinajstić information content (AvgIpc) is 3.18. The van der Waals surface area contributed by atoms with E-state index in [4.69, 9.17) is 0 Å². The predicted molar refractivity (Wildman–Crippen MR) is 109 cm³/mol. The molecular weight excluding hydrogens is 374 g/mol. The van der Waals surface area contributed by atoms with Gasteiger partial charge in [0.1, 0.15) is 0 Å². The Kier molecular flexibility index (Phi) is 4.47. The molecule has 0 saturated carbocycles. The Hall–Kier alpha value is -3.06. The van der Waals surface area contributed by atoms with Gasteiger partial charge in [-0.15, -0.1) is 0 Å². The summed E-state index contributed by atoms with van der Waals surface area (Å²) in [6, 6.07) is 10.4. The van der Waals surface area contributed by atoms with Crippen LogP contribution in [-0.4, -0.2) is 33.6 Å². The number of thiazole rings is 1. The number of rotatable bonds is 4. The maximum Gasteiger partial charge on any atom is 0.261 e. The molecule has 0 aliphatic carbocycles. The second-order valence-corrected chi connectivity index (χ2v) is 7.99. The standard InChI is InChI=1S/C21H19N3O3S/c1-4-12-5-8-16-17(9-12)28-21(22-16)23-18(25)13-6-7-14-15(10-13)20(27)24(11(2)3)19(14)26/h5-11H,4H2,1-3H3,(H,22,23,25). The maximum atomic E-state index is 12.7. The Balaban J connectivity index is 1.60. The molecule has 3 aromatic rings. The highest BCUT2D eigenvalue weighted by Gasteiger charge is 2.37. The van der Waals surface area contributed by atoms with Gasteiger partial charge >= 0.3 is 0 Å². The number of nitrogens with zero attached hydrogens (tertiary/aromatic N) is 2. The minimum atomic E-state index is -0.364. The summed E-state index contributed by atoms with van der Waals surface area (Å²) >= 11 is 1.41. The molecule has 142 valence electrons. The Morgan fingerprint density at radius 3 is 2.57 bits per heavy atom. The van der Waals surface area contributed by atoms with E-state index in [9.17, 15) is 14.4 Å². The molecule has 7 heteroatoms. The van der Waals surface area contributed by atoms with Gasteiger partial charge in [-0.1, -0.05) is 24.3 Å². The summed E-state index contributed by atoms with van der Waals surface area (Å²) in [6.45, 7) is 5.66. The van der Waals surface area contributed by atoms with E-state index in [0.29, 0.717) is 16.3 Å². The first-order chi connectivity index (χ1) is 13.4. The van der Waals surface area contributed by atoms with Crippen LogP contribution in [0.25, 0.3) is 10.2 Å². The van der Waals surface area contributed by atoms with Crippen LogP contribution in [0.4, 0.5) is 5.13 Å². The van der Waals surface area contributed by atoms with E-state index in [0.717, 1.165) is 16.6 Å². The number of fused-ring (bicyclic) bond motifs is 2. The van der Waals surface area contributed by atoms with E-state index < -0.39 is 0 Å². The SMILES string of the molecule is CCc1ccc2nc(NC(=O)c3ccc4c(c3)C(=O)N(C(C)C)C4=O)sc2c1. The topological polar surface area (TPSA) is 79.4 Å². The normalized spacial score (nSPS) is 13.5. The van der Waals surface area contributed by atoms with Crippen LogP contribution in [0, 0.1) is 0 Å². The van der Waals surface area contributed by atoms with Crippen molar-refractivity contribution in [2.24, 2.45) is 0 Å². The zero-order chi connectivity index (χ0) is 20.0. The van der Waals surface area contributed by atoms with Crippen molar-refractivity contribution < 1.29 is 14.4 Å². The third-order valence-corrected chi connectivity index (χ3v) is 5.71. The van der Waals surface area contributed by atoms with E-state index in [-0.39, 0.29) is 29.3 Å².